The number of aryl methyl sites for hydroxylation is 2. The number of phenols is 2. The minimum absolute atomic E-state index is 0.0939. The summed E-state index contributed by atoms with van der Waals surface area (Å²) in [7, 11) is 0. The van der Waals surface area contributed by atoms with E-state index in [1.807, 2.05) is 12.1 Å². The molecule has 27 heavy (non-hydrogen) atoms. The lowest BCUT2D eigenvalue weighted by Crippen LogP contribution is -2.26. The fourth-order valence-corrected chi connectivity index (χ4v) is 4.13. The highest BCUT2D eigenvalue weighted by molar-refractivity contribution is 5.48. The Balaban J connectivity index is 2.52. The third kappa shape index (κ3) is 4.66. The molecule has 0 aliphatic rings. The Morgan fingerprint density at radius 2 is 1.07 bits per heavy atom. The molecule has 2 nitrogen and oxygen atoms in total. The summed E-state index contributed by atoms with van der Waals surface area (Å²) >= 11 is 0. The topological polar surface area (TPSA) is 40.5 Å². The predicted octanol–water partition coefficient (Wildman–Crippen LogP) is 6.89. The summed E-state index contributed by atoms with van der Waals surface area (Å²) in [5.41, 5.74) is 4.53. The molecule has 148 valence electrons. The molecule has 2 aromatic rings. The molecule has 0 unspecified atom stereocenters. The zero-order chi connectivity index (χ0) is 19.9. The molecular weight excluding hydrogens is 332 g/mol. The number of hydrogen-bond acceptors (Lipinski definition) is 2. The third-order valence-corrected chi connectivity index (χ3v) is 6.07. The van der Waals surface area contributed by atoms with E-state index in [9.17, 15) is 10.2 Å². The van der Waals surface area contributed by atoms with Crippen molar-refractivity contribution in [2.75, 3.05) is 0 Å². The molecule has 0 saturated carbocycles. The molecule has 0 aliphatic carbocycles. The van der Waals surface area contributed by atoms with Crippen molar-refractivity contribution < 1.29 is 10.2 Å². The van der Waals surface area contributed by atoms with Crippen LogP contribution >= 0.6 is 0 Å². The lowest BCUT2D eigenvalue weighted by molar-refractivity contribution is 0.453. The Kier molecular flexibility index (Phi) is 7.77. The van der Waals surface area contributed by atoms with Gasteiger partial charge in [0.15, 0.2) is 0 Å². The molecule has 0 aromatic heterocycles. The Morgan fingerprint density at radius 3 is 1.41 bits per heavy atom. The Bertz CT molecular complexity index is 670. The van der Waals surface area contributed by atoms with Gasteiger partial charge in [0.2, 0.25) is 0 Å². The smallest absolute Gasteiger partial charge is 0.118 e. The first-order chi connectivity index (χ1) is 13.0. The molecule has 0 amide bonds. The van der Waals surface area contributed by atoms with Gasteiger partial charge in [-0.05, 0) is 72.9 Å². The van der Waals surface area contributed by atoms with Gasteiger partial charge in [-0.2, -0.15) is 0 Å². The number of benzene rings is 2. The summed E-state index contributed by atoms with van der Waals surface area (Å²) < 4.78 is 0. The highest BCUT2D eigenvalue weighted by atomic mass is 16.3. The number of aromatic hydroxyl groups is 2. The monoisotopic (exact) mass is 368 g/mol. The maximum atomic E-state index is 10.3. The molecule has 2 aromatic carbocycles. The fraction of sp³-hybridized carbons (Fsp3) is 0.520. The normalized spacial score (nSPS) is 11.7. The van der Waals surface area contributed by atoms with Crippen LogP contribution < -0.4 is 0 Å². The second kappa shape index (κ2) is 9.82. The van der Waals surface area contributed by atoms with Crippen molar-refractivity contribution in [3.05, 3.63) is 58.7 Å². The zero-order valence-corrected chi connectivity index (χ0v) is 17.5. The second-order valence-electron chi connectivity index (χ2n) is 7.68. The van der Waals surface area contributed by atoms with E-state index in [1.165, 1.54) is 11.1 Å². The first kappa shape index (κ1) is 21.3. The quantitative estimate of drug-likeness (QED) is 0.479. The van der Waals surface area contributed by atoms with Crippen LogP contribution in [0.4, 0.5) is 0 Å². The van der Waals surface area contributed by atoms with Crippen LogP contribution in [-0.2, 0) is 18.3 Å². The summed E-state index contributed by atoms with van der Waals surface area (Å²) in [4.78, 5) is 0. The first-order valence-corrected chi connectivity index (χ1v) is 10.7. The molecule has 2 rings (SSSR count). The van der Waals surface area contributed by atoms with Gasteiger partial charge < -0.3 is 10.2 Å². The molecule has 2 N–H and O–H groups in total. The number of unbranched alkanes of at least 4 members (excludes halogenated alkanes) is 2. The molecule has 0 saturated heterocycles. The van der Waals surface area contributed by atoms with Gasteiger partial charge in [0.1, 0.15) is 11.5 Å². The Labute approximate surface area is 165 Å². The molecule has 0 radical (unpaired) electrons. The third-order valence-electron chi connectivity index (χ3n) is 6.07. The molecule has 0 fully saturated rings. The average molecular weight is 369 g/mol. The second-order valence-corrected chi connectivity index (χ2v) is 7.68. The van der Waals surface area contributed by atoms with Crippen LogP contribution in [0, 0.1) is 0 Å². The largest absolute Gasteiger partial charge is 0.508 e. The highest BCUT2D eigenvalue weighted by Gasteiger charge is 2.31. The molecule has 0 aliphatic heterocycles. The van der Waals surface area contributed by atoms with E-state index in [2.05, 4.69) is 52.0 Å². The van der Waals surface area contributed by atoms with Crippen molar-refractivity contribution in [3.8, 4) is 11.5 Å². The maximum Gasteiger partial charge on any atom is 0.118 e. The Morgan fingerprint density at radius 1 is 0.667 bits per heavy atom. The van der Waals surface area contributed by atoms with E-state index < -0.39 is 0 Å². The van der Waals surface area contributed by atoms with E-state index in [0.29, 0.717) is 11.5 Å². The first-order valence-electron chi connectivity index (χ1n) is 10.7. The van der Waals surface area contributed by atoms with Gasteiger partial charge in [-0.15, -0.1) is 0 Å². The van der Waals surface area contributed by atoms with Crippen LogP contribution in [0.5, 0.6) is 11.5 Å². The minimum Gasteiger partial charge on any atom is -0.508 e. The van der Waals surface area contributed by atoms with Crippen molar-refractivity contribution in [2.24, 2.45) is 0 Å². The van der Waals surface area contributed by atoms with E-state index in [-0.39, 0.29) is 5.41 Å². The van der Waals surface area contributed by atoms with Gasteiger partial charge in [0.25, 0.3) is 0 Å². The van der Waals surface area contributed by atoms with Crippen LogP contribution in [0.15, 0.2) is 36.4 Å². The summed E-state index contributed by atoms with van der Waals surface area (Å²) in [6.45, 7) is 8.83. The predicted molar refractivity (Wildman–Crippen MR) is 115 cm³/mol. The number of phenolic OH excluding ortho intramolecular Hbond substituents is 2. The van der Waals surface area contributed by atoms with Gasteiger partial charge in [0.05, 0.1) is 0 Å². The molecule has 0 heterocycles. The SMILES string of the molecule is CCCCc1cc(C(CC)(CC)c2ccc(O)c(CCCC)c2)ccc1O. The van der Waals surface area contributed by atoms with Gasteiger partial charge in [-0.25, -0.2) is 0 Å². The summed E-state index contributed by atoms with van der Waals surface area (Å²) in [6, 6.07) is 12.3. The van der Waals surface area contributed by atoms with Crippen LogP contribution in [0.25, 0.3) is 0 Å². The van der Waals surface area contributed by atoms with Crippen molar-refractivity contribution in [1.29, 1.82) is 0 Å². The minimum atomic E-state index is -0.0939. The van der Waals surface area contributed by atoms with E-state index in [4.69, 9.17) is 0 Å². The van der Waals surface area contributed by atoms with Crippen molar-refractivity contribution in [3.63, 3.8) is 0 Å². The van der Waals surface area contributed by atoms with E-state index in [1.54, 1.807) is 0 Å². The number of hydrogen-bond donors (Lipinski definition) is 2. The highest BCUT2D eigenvalue weighted by Crippen LogP contribution is 2.41. The van der Waals surface area contributed by atoms with E-state index in [0.717, 1.165) is 62.5 Å². The number of rotatable bonds is 10. The van der Waals surface area contributed by atoms with Gasteiger partial charge in [-0.3, -0.25) is 0 Å². The lowest BCUT2D eigenvalue weighted by atomic mass is 9.69. The van der Waals surface area contributed by atoms with Crippen molar-refractivity contribution in [1.82, 2.24) is 0 Å². The standard InChI is InChI=1S/C25H36O2/c1-5-9-11-19-17-21(13-15-23(19)26)25(7-3,8-4)22-14-16-24(27)20(18-22)12-10-6-2/h13-18,26-27H,5-12H2,1-4H3. The summed E-state index contributed by atoms with van der Waals surface area (Å²) in [5, 5.41) is 20.6. The lowest BCUT2D eigenvalue weighted by Gasteiger charge is -2.34. The van der Waals surface area contributed by atoms with Crippen LogP contribution in [-0.4, -0.2) is 10.2 Å². The molecule has 0 spiro atoms. The molecule has 0 bridgehead atoms. The van der Waals surface area contributed by atoms with E-state index >= 15 is 0 Å². The molecule has 2 heteroatoms. The van der Waals surface area contributed by atoms with Crippen LogP contribution in [0.3, 0.4) is 0 Å². The maximum absolute atomic E-state index is 10.3. The molecular formula is C25H36O2. The van der Waals surface area contributed by atoms with Crippen molar-refractivity contribution >= 4 is 0 Å². The Hall–Kier alpha value is -1.96. The van der Waals surface area contributed by atoms with Crippen molar-refractivity contribution in [2.45, 2.75) is 84.5 Å². The average Bonchev–Trinajstić information content (AvgIpc) is 2.69. The van der Waals surface area contributed by atoms with Gasteiger partial charge in [0, 0.05) is 5.41 Å². The molecule has 0 atom stereocenters. The van der Waals surface area contributed by atoms with Gasteiger partial charge in [-0.1, -0.05) is 64.8 Å². The summed E-state index contributed by atoms with van der Waals surface area (Å²) in [6.07, 6.45) is 8.21. The van der Waals surface area contributed by atoms with Gasteiger partial charge >= 0.3 is 0 Å². The fourth-order valence-electron chi connectivity index (χ4n) is 4.13. The zero-order valence-electron chi connectivity index (χ0n) is 17.5. The van der Waals surface area contributed by atoms with Crippen LogP contribution in [0.2, 0.25) is 0 Å². The summed E-state index contributed by atoms with van der Waals surface area (Å²) in [5.74, 6) is 0.810. The van der Waals surface area contributed by atoms with Crippen LogP contribution in [0.1, 0.15) is 88.5 Å².